The second-order valence-electron chi connectivity index (χ2n) is 4.25. The van der Waals surface area contributed by atoms with Crippen molar-refractivity contribution in [3.05, 3.63) is 0 Å². The molecule has 5 nitrogen and oxygen atoms in total. The van der Waals surface area contributed by atoms with Gasteiger partial charge in [0.25, 0.3) is 0 Å². The first kappa shape index (κ1) is 13.9. The number of hydrogen-bond acceptors (Lipinski definition) is 4. The van der Waals surface area contributed by atoms with Crippen molar-refractivity contribution < 1.29 is 14.3 Å². The van der Waals surface area contributed by atoms with Crippen molar-refractivity contribution in [2.45, 2.75) is 39.7 Å². The first-order chi connectivity index (χ1) is 6.81. The maximum absolute atomic E-state index is 11.2. The molecule has 0 saturated heterocycles. The van der Waals surface area contributed by atoms with Crippen molar-refractivity contribution in [2.75, 3.05) is 13.2 Å². The van der Waals surface area contributed by atoms with Crippen LogP contribution in [0.4, 0.5) is 0 Å². The highest BCUT2D eigenvalue weighted by Gasteiger charge is 2.15. The fourth-order valence-corrected chi connectivity index (χ4v) is 0.858. The number of hydrogen-bond donors (Lipinski definition) is 2. The molecule has 5 heteroatoms. The molecule has 0 aliphatic rings. The van der Waals surface area contributed by atoms with Gasteiger partial charge < -0.3 is 10.1 Å². The molecule has 0 aromatic carbocycles. The number of ether oxygens (including phenoxy) is 1. The lowest BCUT2D eigenvalue weighted by molar-refractivity contribution is -0.154. The summed E-state index contributed by atoms with van der Waals surface area (Å²) >= 11 is 0. The van der Waals surface area contributed by atoms with Crippen LogP contribution >= 0.6 is 0 Å². The summed E-state index contributed by atoms with van der Waals surface area (Å²) in [4.78, 5) is 21.7. The highest BCUT2D eigenvalue weighted by atomic mass is 16.6. The summed E-state index contributed by atoms with van der Waals surface area (Å²) in [6.45, 7) is 7.80. The van der Waals surface area contributed by atoms with Crippen molar-refractivity contribution in [2.24, 2.45) is 0 Å². The van der Waals surface area contributed by atoms with E-state index >= 15 is 0 Å². The van der Waals surface area contributed by atoms with Gasteiger partial charge in [0.05, 0.1) is 13.1 Å². The second kappa shape index (κ2) is 6.40. The van der Waals surface area contributed by atoms with E-state index in [1.807, 2.05) is 20.8 Å². The number of amides is 1. The van der Waals surface area contributed by atoms with E-state index in [1.54, 1.807) is 0 Å². The number of carbonyl (C=O) groups excluding carboxylic acids is 2. The third-order valence-corrected chi connectivity index (χ3v) is 1.39. The second-order valence-corrected chi connectivity index (χ2v) is 4.25. The van der Waals surface area contributed by atoms with E-state index in [1.165, 1.54) is 6.92 Å². The molecule has 0 rings (SSSR count). The monoisotopic (exact) mass is 216 g/mol. The lowest BCUT2D eigenvalue weighted by Crippen LogP contribution is -2.34. The van der Waals surface area contributed by atoms with Gasteiger partial charge in [0.2, 0.25) is 5.91 Å². The van der Waals surface area contributed by atoms with Crippen molar-refractivity contribution in [1.82, 2.24) is 10.6 Å². The van der Waals surface area contributed by atoms with E-state index in [2.05, 4.69) is 10.6 Å². The van der Waals surface area contributed by atoms with Crippen LogP contribution in [0, 0.1) is 0 Å². The van der Waals surface area contributed by atoms with Gasteiger partial charge in [-0.3, -0.25) is 14.9 Å². The zero-order valence-corrected chi connectivity index (χ0v) is 9.85. The van der Waals surface area contributed by atoms with Gasteiger partial charge in [0.15, 0.2) is 0 Å². The highest BCUT2D eigenvalue weighted by molar-refractivity contribution is 5.72. The van der Waals surface area contributed by atoms with Crippen LogP contribution in [-0.4, -0.2) is 30.7 Å². The third-order valence-electron chi connectivity index (χ3n) is 1.39. The molecule has 0 aromatic rings. The van der Waals surface area contributed by atoms with Crippen LogP contribution in [0.5, 0.6) is 0 Å². The normalized spacial score (nSPS) is 10.9. The van der Waals surface area contributed by atoms with E-state index in [0.717, 1.165) is 0 Å². The quantitative estimate of drug-likeness (QED) is 0.396. The average molecular weight is 216 g/mol. The SMILES string of the molecule is CC(=O)NCNCCC(=O)OC(C)(C)C. The summed E-state index contributed by atoms with van der Waals surface area (Å²) < 4.78 is 5.10. The Morgan fingerprint density at radius 2 is 1.87 bits per heavy atom. The summed E-state index contributed by atoms with van der Waals surface area (Å²) in [5.41, 5.74) is -0.436. The highest BCUT2D eigenvalue weighted by Crippen LogP contribution is 2.07. The minimum Gasteiger partial charge on any atom is -0.460 e. The predicted octanol–water partition coefficient (Wildman–Crippen LogP) is 0.401. The van der Waals surface area contributed by atoms with Gasteiger partial charge in [-0.05, 0) is 20.8 Å². The third kappa shape index (κ3) is 10.8. The van der Waals surface area contributed by atoms with E-state index in [0.29, 0.717) is 19.6 Å². The van der Waals surface area contributed by atoms with Crippen molar-refractivity contribution in [1.29, 1.82) is 0 Å². The summed E-state index contributed by atoms with van der Waals surface area (Å²) in [6.07, 6.45) is 0.302. The van der Waals surface area contributed by atoms with Crippen LogP contribution in [0.15, 0.2) is 0 Å². The minimum atomic E-state index is -0.436. The molecule has 88 valence electrons. The molecule has 0 aromatic heterocycles. The van der Waals surface area contributed by atoms with Crippen LogP contribution in [-0.2, 0) is 14.3 Å². The van der Waals surface area contributed by atoms with Gasteiger partial charge in [0, 0.05) is 13.5 Å². The Balaban J connectivity index is 3.44. The molecule has 0 spiro atoms. The van der Waals surface area contributed by atoms with Crippen molar-refractivity contribution in [3.63, 3.8) is 0 Å². The standard InChI is InChI=1S/C10H20N2O3/c1-8(13)12-7-11-6-5-9(14)15-10(2,3)4/h11H,5-7H2,1-4H3,(H,12,13). The zero-order valence-electron chi connectivity index (χ0n) is 9.85. The molecule has 1 amide bonds. The molecule has 0 fully saturated rings. The molecule has 15 heavy (non-hydrogen) atoms. The first-order valence-corrected chi connectivity index (χ1v) is 4.98. The number of nitrogens with one attached hydrogen (secondary N) is 2. The van der Waals surface area contributed by atoms with E-state index in [-0.39, 0.29) is 11.9 Å². The molecule has 0 unspecified atom stereocenters. The average Bonchev–Trinajstić information content (AvgIpc) is 1.99. The summed E-state index contributed by atoms with van der Waals surface area (Å²) in [6, 6.07) is 0. The molecule has 0 heterocycles. The van der Waals surface area contributed by atoms with Crippen LogP contribution in [0.1, 0.15) is 34.1 Å². The Hall–Kier alpha value is -1.10. The van der Waals surface area contributed by atoms with Gasteiger partial charge >= 0.3 is 5.97 Å². The van der Waals surface area contributed by atoms with Crippen LogP contribution in [0.25, 0.3) is 0 Å². The maximum Gasteiger partial charge on any atom is 0.307 e. The largest absolute Gasteiger partial charge is 0.460 e. The van der Waals surface area contributed by atoms with Crippen LogP contribution in [0.3, 0.4) is 0 Å². The van der Waals surface area contributed by atoms with E-state index < -0.39 is 5.60 Å². The molecule has 0 radical (unpaired) electrons. The topological polar surface area (TPSA) is 67.4 Å². The maximum atomic E-state index is 11.2. The molecule has 0 aliphatic carbocycles. The number of carbonyl (C=O) groups is 2. The van der Waals surface area contributed by atoms with Gasteiger partial charge in [-0.25, -0.2) is 0 Å². The summed E-state index contributed by atoms with van der Waals surface area (Å²) in [5, 5.41) is 5.47. The summed E-state index contributed by atoms with van der Waals surface area (Å²) in [5.74, 6) is -0.336. The Morgan fingerprint density at radius 1 is 1.27 bits per heavy atom. The molecular weight excluding hydrogens is 196 g/mol. The predicted molar refractivity (Wildman–Crippen MR) is 57.1 cm³/mol. The molecular formula is C10H20N2O3. The van der Waals surface area contributed by atoms with Gasteiger partial charge in [-0.2, -0.15) is 0 Å². The van der Waals surface area contributed by atoms with Crippen molar-refractivity contribution >= 4 is 11.9 Å². The van der Waals surface area contributed by atoms with Gasteiger partial charge in [-0.15, -0.1) is 0 Å². The van der Waals surface area contributed by atoms with Crippen molar-refractivity contribution in [3.8, 4) is 0 Å². The molecule has 0 saturated carbocycles. The fourth-order valence-electron chi connectivity index (χ4n) is 0.858. The molecule has 0 atom stereocenters. The molecule has 0 aliphatic heterocycles. The van der Waals surface area contributed by atoms with E-state index in [4.69, 9.17) is 4.74 Å². The zero-order chi connectivity index (χ0) is 11.9. The number of rotatable bonds is 5. The van der Waals surface area contributed by atoms with E-state index in [9.17, 15) is 9.59 Å². The Bertz CT molecular complexity index is 221. The first-order valence-electron chi connectivity index (χ1n) is 4.98. The van der Waals surface area contributed by atoms with Gasteiger partial charge in [-0.1, -0.05) is 0 Å². The lowest BCUT2D eigenvalue weighted by atomic mass is 10.2. The Kier molecular flexibility index (Phi) is 5.93. The molecule has 2 N–H and O–H groups in total. The lowest BCUT2D eigenvalue weighted by Gasteiger charge is -2.19. The molecule has 0 bridgehead atoms. The number of esters is 1. The Morgan fingerprint density at radius 3 is 2.33 bits per heavy atom. The van der Waals surface area contributed by atoms with Gasteiger partial charge in [0.1, 0.15) is 5.60 Å². The van der Waals surface area contributed by atoms with Crippen LogP contribution in [0.2, 0.25) is 0 Å². The minimum absolute atomic E-state index is 0.0974. The summed E-state index contributed by atoms with van der Waals surface area (Å²) in [7, 11) is 0. The van der Waals surface area contributed by atoms with Crippen LogP contribution < -0.4 is 10.6 Å². The smallest absolute Gasteiger partial charge is 0.307 e. The Labute approximate surface area is 90.6 Å². The fraction of sp³-hybridized carbons (Fsp3) is 0.800.